The van der Waals surface area contributed by atoms with Crippen LogP contribution in [-0.4, -0.2) is 60.4 Å². The second kappa shape index (κ2) is 11.0. The quantitative estimate of drug-likeness (QED) is 0.477. The van der Waals surface area contributed by atoms with Gasteiger partial charge in [-0.25, -0.2) is 0 Å². The van der Waals surface area contributed by atoms with E-state index in [0.717, 1.165) is 49.2 Å². The molecule has 6 nitrogen and oxygen atoms in total. The molecule has 0 spiro atoms. The van der Waals surface area contributed by atoms with Crippen molar-refractivity contribution in [1.82, 2.24) is 4.90 Å². The van der Waals surface area contributed by atoms with E-state index in [4.69, 9.17) is 21.1 Å². The molecular weight excluding hydrogens is 500 g/mol. The van der Waals surface area contributed by atoms with Gasteiger partial charge in [-0.3, -0.25) is 9.79 Å². The predicted molar refractivity (Wildman–Crippen MR) is 151 cm³/mol. The van der Waals surface area contributed by atoms with Crippen LogP contribution in [0.2, 0.25) is 5.02 Å². The smallest absolute Gasteiger partial charge is 0.162 e. The number of carbonyl (C=O) groups is 1. The van der Waals surface area contributed by atoms with Crippen LogP contribution in [0.5, 0.6) is 11.5 Å². The summed E-state index contributed by atoms with van der Waals surface area (Å²) in [6.45, 7) is 6.56. The molecule has 0 aromatic heterocycles. The lowest BCUT2D eigenvalue weighted by Crippen LogP contribution is -2.42. The van der Waals surface area contributed by atoms with Crippen LogP contribution in [0.1, 0.15) is 44.2 Å². The Morgan fingerprint density at radius 2 is 1.97 bits per heavy atom. The minimum Gasteiger partial charge on any atom is -0.491 e. The third kappa shape index (κ3) is 5.88. The average molecular weight is 535 g/mol. The van der Waals surface area contributed by atoms with Crippen molar-refractivity contribution in [1.29, 1.82) is 0 Å². The van der Waals surface area contributed by atoms with Gasteiger partial charge in [0.05, 0.1) is 11.6 Å². The molecule has 0 radical (unpaired) electrons. The van der Waals surface area contributed by atoms with Crippen molar-refractivity contribution in [2.24, 2.45) is 10.9 Å². The van der Waals surface area contributed by atoms with Crippen molar-refractivity contribution >= 4 is 29.7 Å². The van der Waals surface area contributed by atoms with Crippen molar-refractivity contribution in [3.63, 3.8) is 0 Å². The van der Waals surface area contributed by atoms with Gasteiger partial charge in [0.25, 0.3) is 0 Å². The van der Waals surface area contributed by atoms with Crippen LogP contribution in [0.25, 0.3) is 5.57 Å². The van der Waals surface area contributed by atoms with E-state index in [0.29, 0.717) is 30.2 Å². The lowest BCUT2D eigenvalue weighted by atomic mass is 9.84. The summed E-state index contributed by atoms with van der Waals surface area (Å²) in [7, 11) is 0. The molecule has 2 aromatic carbocycles. The summed E-state index contributed by atoms with van der Waals surface area (Å²) in [6, 6.07) is 13.3. The maximum Gasteiger partial charge on any atom is 0.162 e. The van der Waals surface area contributed by atoms with E-state index < -0.39 is 11.2 Å². The number of aliphatic imine (C=N–C) groups is 1. The third-order valence-electron chi connectivity index (χ3n) is 7.67. The van der Waals surface area contributed by atoms with Crippen molar-refractivity contribution in [3.8, 4) is 11.5 Å². The number of hydrogen-bond acceptors (Lipinski definition) is 6. The van der Waals surface area contributed by atoms with E-state index in [1.807, 2.05) is 54.8 Å². The molecule has 0 bridgehead atoms. The molecule has 5 rings (SSSR count). The van der Waals surface area contributed by atoms with E-state index in [9.17, 15) is 9.90 Å². The summed E-state index contributed by atoms with van der Waals surface area (Å²) in [6.07, 6.45) is 11.4. The number of piperidine rings is 1. The van der Waals surface area contributed by atoms with Gasteiger partial charge in [0, 0.05) is 42.4 Å². The molecule has 2 atom stereocenters. The van der Waals surface area contributed by atoms with Crippen LogP contribution in [-0.2, 0) is 10.4 Å². The van der Waals surface area contributed by atoms with Crippen molar-refractivity contribution in [2.75, 3.05) is 26.2 Å². The molecule has 38 heavy (non-hydrogen) atoms. The molecule has 3 heterocycles. The molecule has 200 valence electrons. The number of carbonyl (C=O) groups excluding carboxylic acids is 1. The van der Waals surface area contributed by atoms with Gasteiger partial charge >= 0.3 is 0 Å². The summed E-state index contributed by atoms with van der Waals surface area (Å²) >= 11 is 6.03. The molecule has 0 saturated carbocycles. The lowest BCUT2D eigenvalue weighted by molar-refractivity contribution is -0.119. The van der Waals surface area contributed by atoms with Crippen LogP contribution >= 0.6 is 11.6 Å². The summed E-state index contributed by atoms with van der Waals surface area (Å²) in [5, 5.41) is 11.9. The SMILES string of the molecule is CC(C)(C=O)Oc1ccc2c(c1)/C(=C/CCN1CCC(O)(c3ccc(Cl)cc3)CC1)C1C=CC=NC1CO2. The number of hydrogen-bond donors (Lipinski definition) is 1. The third-order valence-corrected chi connectivity index (χ3v) is 7.92. The van der Waals surface area contributed by atoms with Gasteiger partial charge in [-0.05, 0) is 80.7 Å². The number of allylic oxidation sites excluding steroid dienone is 1. The highest BCUT2D eigenvalue weighted by atomic mass is 35.5. The first-order valence-corrected chi connectivity index (χ1v) is 13.7. The number of likely N-dealkylation sites (tertiary alicyclic amines) is 1. The Morgan fingerprint density at radius 3 is 2.71 bits per heavy atom. The predicted octanol–water partition coefficient (Wildman–Crippen LogP) is 5.47. The first kappa shape index (κ1) is 26.7. The minimum atomic E-state index is -0.913. The van der Waals surface area contributed by atoms with Crippen molar-refractivity contribution in [3.05, 3.63) is 76.8 Å². The number of dihydropyridines is 1. The van der Waals surface area contributed by atoms with Gasteiger partial charge in [-0.2, -0.15) is 0 Å². The molecule has 3 aliphatic rings. The van der Waals surface area contributed by atoms with Crippen LogP contribution in [0.15, 0.2) is 65.7 Å². The van der Waals surface area contributed by atoms with Crippen LogP contribution in [0, 0.1) is 5.92 Å². The number of nitrogens with zero attached hydrogens (tertiary/aromatic N) is 2. The number of aldehydes is 1. The van der Waals surface area contributed by atoms with Gasteiger partial charge in [0.15, 0.2) is 11.9 Å². The fourth-order valence-corrected chi connectivity index (χ4v) is 5.58. The Morgan fingerprint density at radius 1 is 1.21 bits per heavy atom. The Labute approximate surface area is 229 Å². The molecule has 2 aromatic rings. The van der Waals surface area contributed by atoms with Crippen molar-refractivity contribution in [2.45, 2.75) is 50.4 Å². The zero-order valence-electron chi connectivity index (χ0n) is 22.0. The van der Waals surface area contributed by atoms with Crippen LogP contribution in [0.3, 0.4) is 0 Å². The number of benzene rings is 2. The summed E-state index contributed by atoms with van der Waals surface area (Å²) in [5.41, 5.74) is 1.36. The second-order valence-corrected chi connectivity index (χ2v) is 11.3. The topological polar surface area (TPSA) is 71.4 Å². The van der Waals surface area contributed by atoms with Crippen LogP contribution < -0.4 is 9.47 Å². The largest absolute Gasteiger partial charge is 0.491 e. The zero-order valence-corrected chi connectivity index (χ0v) is 22.7. The number of ether oxygens (including phenoxy) is 2. The molecule has 0 aliphatic carbocycles. The first-order valence-electron chi connectivity index (χ1n) is 13.3. The Hall–Kier alpha value is -2.93. The summed E-state index contributed by atoms with van der Waals surface area (Å²) in [5.74, 6) is 1.54. The highest BCUT2D eigenvalue weighted by molar-refractivity contribution is 6.30. The van der Waals surface area contributed by atoms with E-state index in [-0.39, 0.29) is 12.0 Å². The maximum atomic E-state index is 11.4. The summed E-state index contributed by atoms with van der Waals surface area (Å²) < 4.78 is 12.1. The number of aliphatic hydroxyl groups is 1. The number of halogens is 1. The Kier molecular flexibility index (Phi) is 7.75. The van der Waals surface area contributed by atoms with E-state index in [2.05, 4.69) is 22.0 Å². The van der Waals surface area contributed by atoms with E-state index in [1.165, 1.54) is 5.57 Å². The monoisotopic (exact) mass is 534 g/mol. The van der Waals surface area contributed by atoms with Crippen LogP contribution in [0.4, 0.5) is 0 Å². The van der Waals surface area contributed by atoms with Crippen molar-refractivity contribution < 1.29 is 19.4 Å². The molecule has 1 saturated heterocycles. The molecule has 0 amide bonds. The van der Waals surface area contributed by atoms with Gasteiger partial charge in [-0.1, -0.05) is 35.9 Å². The Balaban J connectivity index is 1.32. The molecule has 2 unspecified atom stereocenters. The highest BCUT2D eigenvalue weighted by Crippen LogP contribution is 2.41. The fourth-order valence-electron chi connectivity index (χ4n) is 5.46. The van der Waals surface area contributed by atoms with Gasteiger partial charge in [0.1, 0.15) is 18.1 Å². The van der Waals surface area contributed by atoms with E-state index in [1.54, 1.807) is 13.8 Å². The van der Waals surface area contributed by atoms with E-state index >= 15 is 0 Å². The number of rotatable bonds is 7. The molecule has 3 aliphatic heterocycles. The summed E-state index contributed by atoms with van der Waals surface area (Å²) in [4.78, 5) is 18.5. The maximum absolute atomic E-state index is 11.4. The van der Waals surface area contributed by atoms with Gasteiger partial charge < -0.3 is 19.5 Å². The molecule has 1 N–H and O–H groups in total. The lowest BCUT2D eigenvalue weighted by Gasteiger charge is -2.38. The Bertz CT molecular complexity index is 1240. The normalized spacial score (nSPS) is 23.7. The second-order valence-electron chi connectivity index (χ2n) is 10.9. The zero-order chi connectivity index (χ0) is 26.8. The fraction of sp³-hybridized carbons (Fsp3) is 0.419. The molecule has 1 fully saturated rings. The highest BCUT2D eigenvalue weighted by Gasteiger charge is 2.34. The number of fused-ring (bicyclic) bond motifs is 2. The van der Waals surface area contributed by atoms with Gasteiger partial charge in [-0.15, -0.1) is 0 Å². The minimum absolute atomic E-state index is 0.0128. The first-order chi connectivity index (χ1) is 18.3. The average Bonchev–Trinajstić information content (AvgIpc) is 3.07. The van der Waals surface area contributed by atoms with Gasteiger partial charge in [0.2, 0.25) is 0 Å². The molecule has 7 heteroatoms. The molecular formula is C31H35ClN2O4. The standard InChI is InChI=1S/C31H35ClN2O4/c1-30(2,21-35)38-24-11-12-29-27(19-24)25(26-5-3-15-33-28(26)20-37-29)6-4-16-34-17-13-31(36,14-18-34)22-7-9-23(32)10-8-22/h3,5-12,15,19,21,26,28,36H,4,13-14,16-18,20H2,1-2H3/b25-6+.